The summed E-state index contributed by atoms with van der Waals surface area (Å²) in [4.78, 5) is 24.6. The van der Waals surface area contributed by atoms with Crippen LogP contribution in [0.4, 0.5) is 0 Å². The first-order chi connectivity index (χ1) is 12.3. The third kappa shape index (κ3) is 4.62. The zero-order chi connectivity index (χ0) is 19.3. The SMILES string of the molecule is CCCCCCn1nc(C(=O)NC(C(N)=O)C(C)(C)C)c2ccccc21. The minimum Gasteiger partial charge on any atom is -0.368 e. The standard InChI is InChI=1S/C20H30N4O2/c1-5-6-7-10-13-24-15-12-9-8-11-14(15)16(23-24)19(26)22-17(18(21)25)20(2,3)4/h8-9,11-12,17H,5-7,10,13H2,1-4H3,(H2,21,25)(H,22,26). The smallest absolute Gasteiger partial charge is 0.273 e. The second kappa shape index (κ2) is 8.34. The predicted octanol–water partition coefficient (Wildman–Crippen LogP) is 3.25. The second-order valence-electron chi connectivity index (χ2n) is 7.82. The van der Waals surface area contributed by atoms with Crippen molar-refractivity contribution < 1.29 is 9.59 Å². The van der Waals surface area contributed by atoms with E-state index in [0.29, 0.717) is 5.69 Å². The summed E-state index contributed by atoms with van der Waals surface area (Å²) in [5, 5.41) is 8.09. The Labute approximate surface area is 155 Å². The zero-order valence-electron chi connectivity index (χ0n) is 16.2. The van der Waals surface area contributed by atoms with Gasteiger partial charge in [0.2, 0.25) is 5.91 Å². The molecule has 26 heavy (non-hydrogen) atoms. The van der Waals surface area contributed by atoms with Crippen molar-refractivity contribution in [3.8, 4) is 0 Å². The van der Waals surface area contributed by atoms with Crippen LogP contribution in [0.1, 0.15) is 63.9 Å². The Bertz CT molecular complexity index is 774. The molecule has 1 atom stereocenters. The molecular formula is C20H30N4O2. The molecule has 0 radical (unpaired) electrons. The van der Waals surface area contributed by atoms with Gasteiger partial charge in [-0.3, -0.25) is 14.3 Å². The number of amides is 2. The summed E-state index contributed by atoms with van der Waals surface area (Å²) in [5.41, 5.74) is 6.28. The molecule has 1 aromatic carbocycles. The van der Waals surface area contributed by atoms with E-state index >= 15 is 0 Å². The lowest BCUT2D eigenvalue weighted by atomic mass is 9.86. The van der Waals surface area contributed by atoms with Crippen molar-refractivity contribution in [2.75, 3.05) is 0 Å². The summed E-state index contributed by atoms with van der Waals surface area (Å²) < 4.78 is 1.89. The molecule has 0 saturated carbocycles. The van der Waals surface area contributed by atoms with E-state index < -0.39 is 17.4 Å². The van der Waals surface area contributed by atoms with Crippen LogP contribution in [0.15, 0.2) is 24.3 Å². The van der Waals surface area contributed by atoms with Crippen molar-refractivity contribution in [3.63, 3.8) is 0 Å². The molecule has 1 unspecified atom stereocenters. The average molecular weight is 358 g/mol. The van der Waals surface area contributed by atoms with E-state index in [1.165, 1.54) is 12.8 Å². The quantitative estimate of drug-likeness (QED) is 0.710. The molecule has 0 aliphatic rings. The number of nitrogens with zero attached hydrogens (tertiary/aromatic N) is 2. The fourth-order valence-electron chi connectivity index (χ4n) is 3.07. The van der Waals surface area contributed by atoms with Crippen LogP contribution in [0, 0.1) is 5.41 Å². The van der Waals surface area contributed by atoms with E-state index in [4.69, 9.17) is 5.73 Å². The summed E-state index contributed by atoms with van der Waals surface area (Å²) in [6.45, 7) is 8.55. The van der Waals surface area contributed by atoms with E-state index in [-0.39, 0.29) is 5.91 Å². The highest BCUT2D eigenvalue weighted by atomic mass is 16.2. The molecule has 0 aliphatic heterocycles. The van der Waals surface area contributed by atoms with E-state index in [0.717, 1.165) is 30.3 Å². The fraction of sp³-hybridized carbons (Fsp3) is 0.550. The molecule has 6 nitrogen and oxygen atoms in total. The van der Waals surface area contributed by atoms with Crippen LogP contribution in [0.2, 0.25) is 0 Å². The molecule has 0 aliphatic carbocycles. The van der Waals surface area contributed by atoms with Crippen LogP contribution in [-0.2, 0) is 11.3 Å². The number of hydrogen-bond donors (Lipinski definition) is 2. The maximum absolute atomic E-state index is 12.8. The average Bonchev–Trinajstić information content (AvgIpc) is 2.94. The van der Waals surface area contributed by atoms with Crippen molar-refractivity contribution in [3.05, 3.63) is 30.0 Å². The number of aryl methyl sites for hydroxylation is 1. The van der Waals surface area contributed by atoms with Crippen LogP contribution >= 0.6 is 0 Å². The van der Waals surface area contributed by atoms with Crippen LogP contribution in [-0.4, -0.2) is 27.6 Å². The molecule has 2 aromatic rings. The minimum atomic E-state index is -0.761. The number of carbonyl (C=O) groups excluding carboxylic acids is 2. The van der Waals surface area contributed by atoms with Crippen molar-refractivity contribution in [1.82, 2.24) is 15.1 Å². The van der Waals surface area contributed by atoms with E-state index in [2.05, 4.69) is 17.3 Å². The molecule has 3 N–H and O–H groups in total. The highest BCUT2D eigenvalue weighted by molar-refractivity contribution is 6.06. The topological polar surface area (TPSA) is 90.0 Å². The monoisotopic (exact) mass is 358 g/mol. The van der Waals surface area contributed by atoms with Gasteiger partial charge in [-0.1, -0.05) is 65.2 Å². The lowest BCUT2D eigenvalue weighted by molar-refractivity contribution is -0.122. The van der Waals surface area contributed by atoms with Gasteiger partial charge < -0.3 is 11.1 Å². The molecule has 2 amide bonds. The Morgan fingerprint density at radius 1 is 1.19 bits per heavy atom. The summed E-state index contributed by atoms with van der Waals surface area (Å²) in [6, 6.07) is 6.92. The molecule has 0 fully saturated rings. The lowest BCUT2D eigenvalue weighted by Crippen LogP contribution is -2.52. The molecule has 1 heterocycles. The van der Waals surface area contributed by atoms with Crippen molar-refractivity contribution >= 4 is 22.7 Å². The van der Waals surface area contributed by atoms with E-state index in [9.17, 15) is 9.59 Å². The number of para-hydroxylation sites is 1. The molecular weight excluding hydrogens is 328 g/mol. The van der Waals surface area contributed by atoms with Gasteiger partial charge in [-0.2, -0.15) is 5.10 Å². The van der Waals surface area contributed by atoms with E-state index in [1.807, 2.05) is 49.7 Å². The Morgan fingerprint density at radius 2 is 1.88 bits per heavy atom. The summed E-state index contributed by atoms with van der Waals surface area (Å²) >= 11 is 0. The summed E-state index contributed by atoms with van der Waals surface area (Å²) in [7, 11) is 0. The number of nitrogens with two attached hydrogens (primary N) is 1. The number of nitrogens with one attached hydrogen (secondary N) is 1. The molecule has 6 heteroatoms. The Balaban J connectivity index is 2.28. The number of fused-ring (bicyclic) bond motifs is 1. The normalized spacial score (nSPS) is 12.9. The first-order valence-corrected chi connectivity index (χ1v) is 9.31. The molecule has 0 saturated heterocycles. The van der Waals surface area contributed by atoms with Gasteiger partial charge in [-0.05, 0) is 17.9 Å². The summed E-state index contributed by atoms with van der Waals surface area (Å²) in [5.74, 6) is -0.915. The number of primary amides is 1. The fourth-order valence-corrected chi connectivity index (χ4v) is 3.07. The zero-order valence-corrected chi connectivity index (χ0v) is 16.2. The van der Waals surface area contributed by atoms with E-state index in [1.54, 1.807) is 0 Å². The molecule has 0 spiro atoms. The number of aromatic nitrogens is 2. The van der Waals surface area contributed by atoms with Crippen molar-refractivity contribution in [1.29, 1.82) is 0 Å². The maximum atomic E-state index is 12.8. The number of benzene rings is 1. The molecule has 0 bridgehead atoms. The third-order valence-corrected chi connectivity index (χ3v) is 4.52. The Hall–Kier alpha value is -2.37. The largest absolute Gasteiger partial charge is 0.368 e. The maximum Gasteiger partial charge on any atom is 0.273 e. The van der Waals surface area contributed by atoms with Gasteiger partial charge in [0.25, 0.3) is 5.91 Å². The van der Waals surface area contributed by atoms with Gasteiger partial charge in [-0.15, -0.1) is 0 Å². The van der Waals surface area contributed by atoms with Gasteiger partial charge >= 0.3 is 0 Å². The Kier molecular flexibility index (Phi) is 6.40. The van der Waals surface area contributed by atoms with Crippen molar-refractivity contribution in [2.45, 2.75) is 66.0 Å². The highest BCUT2D eigenvalue weighted by Gasteiger charge is 2.32. The van der Waals surface area contributed by atoms with Gasteiger partial charge in [0, 0.05) is 11.9 Å². The molecule has 1 aromatic heterocycles. The van der Waals surface area contributed by atoms with Gasteiger partial charge in [0.1, 0.15) is 6.04 Å². The second-order valence-corrected chi connectivity index (χ2v) is 7.82. The first-order valence-electron chi connectivity index (χ1n) is 9.31. The number of rotatable bonds is 8. The molecule has 142 valence electrons. The predicted molar refractivity (Wildman–Crippen MR) is 104 cm³/mol. The number of hydrogen-bond acceptors (Lipinski definition) is 3. The van der Waals surface area contributed by atoms with Crippen LogP contribution in [0.25, 0.3) is 10.9 Å². The van der Waals surface area contributed by atoms with Gasteiger partial charge in [0.05, 0.1) is 5.52 Å². The van der Waals surface area contributed by atoms with Gasteiger partial charge in [0.15, 0.2) is 5.69 Å². The number of unbranched alkanes of at least 4 members (excludes halogenated alkanes) is 3. The number of carbonyl (C=O) groups is 2. The summed E-state index contributed by atoms with van der Waals surface area (Å²) in [6.07, 6.45) is 4.53. The van der Waals surface area contributed by atoms with Crippen LogP contribution in [0.5, 0.6) is 0 Å². The van der Waals surface area contributed by atoms with Crippen LogP contribution in [0.3, 0.4) is 0 Å². The van der Waals surface area contributed by atoms with Gasteiger partial charge in [-0.25, -0.2) is 0 Å². The lowest BCUT2D eigenvalue weighted by Gasteiger charge is -2.28. The van der Waals surface area contributed by atoms with Crippen molar-refractivity contribution in [2.24, 2.45) is 11.1 Å². The Morgan fingerprint density at radius 3 is 2.50 bits per heavy atom. The first kappa shape index (κ1) is 19.9. The minimum absolute atomic E-state index is 0.339. The van der Waals surface area contributed by atoms with Crippen LogP contribution < -0.4 is 11.1 Å². The third-order valence-electron chi connectivity index (χ3n) is 4.52. The highest BCUT2D eigenvalue weighted by Crippen LogP contribution is 2.22. The molecule has 2 rings (SSSR count).